The molecule has 4 aliphatic heterocycles. The van der Waals surface area contributed by atoms with Crippen LogP contribution in [0.3, 0.4) is 0 Å². The third-order valence-corrected chi connectivity index (χ3v) is 8.49. The smallest absolute Gasteiger partial charge is 0.335 e. The Balaban J connectivity index is 0.981. The lowest BCUT2D eigenvalue weighted by molar-refractivity contribution is -0.156. The fraction of sp³-hybridized carbons (Fsp3) is 0.375. The van der Waals surface area contributed by atoms with Crippen LogP contribution in [-0.4, -0.2) is 36.8 Å². The quantitative estimate of drug-likeness (QED) is 0.257. The summed E-state index contributed by atoms with van der Waals surface area (Å²) in [6.07, 6.45) is 5.98. The highest BCUT2D eigenvalue weighted by molar-refractivity contribution is 6.12. The van der Waals surface area contributed by atoms with Gasteiger partial charge >= 0.3 is 11.9 Å². The fourth-order valence-electron chi connectivity index (χ4n) is 6.49. The lowest BCUT2D eigenvalue weighted by atomic mass is 9.91. The maximum Gasteiger partial charge on any atom is 0.335 e. The van der Waals surface area contributed by atoms with Crippen molar-refractivity contribution in [3.63, 3.8) is 0 Å². The SMILES string of the molecule is C=C1CC2(OC1=O)C(=O)N(CCCCCCCCN1C(=O)C3(CC(=C)C(=O)O3)c3ccccc31)c1ccccc12. The number of para-hydroxylation sites is 2. The molecule has 206 valence electrons. The lowest BCUT2D eigenvalue weighted by Gasteiger charge is -2.22. The van der Waals surface area contributed by atoms with Crippen LogP contribution in [0.5, 0.6) is 0 Å². The van der Waals surface area contributed by atoms with E-state index in [1.807, 2.05) is 48.5 Å². The van der Waals surface area contributed by atoms with Crippen LogP contribution in [0.4, 0.5) is 11.4 Å². The average Bonchev–Trinajstić information content (AvgIpc) is 3.58. The number of esters is 2. The summed E-state index contributed by atoms with van der Waals surface area (Å²) in [5.74, 6) is -1.39. The molecule has 4 heterocycles. The predicted octanol–water partition coefficient (Wildman–Crippen LogP) is 4.82. The summed E-state index contributed by atoms with van der Waals surface area (Å²) in [6.45, 7) is 8.67. The van der Waals surface area contributed by atoms with Crippen molar-refractivity contribution in [2.75, 3.05) is 22.9 Å². The largest absolute Gasteiger partial charge is 0.440 e. The van der Waals surface area contributed by atoms with E-state index in [0.29, 0.717) is 24.2 Å². The first kappa shape index (κ1) is 26.0. The Labute approximate surface area is 233 Å². The minimum Gasteiger partial charge on any atom is -0.440 e. The Morgan fingerprint density at radius 2 is 0.975 bits per heavy atom. The van der Waals surface area contributed by atoms with Crippen LogP contribution in [0.1, 0.15) is 62.5 Å². The van der Waals surface area contributed by atoms with Gasteiger partial charge < -0.3 is 19.3 Å². The molecule has 2 fully saturated rings. The molecule has 2 spiro atoms. The summed E-state index contributed by atoms with van der Waals surface area (Å²) in [7, 11) is 0. The van der Waals surface area contributed by atoms with E-state index in [1.165, 1.54) is 0 Å². The van der Waals surface area contributed by atoms with Crippen molar-refractivity contribution in [3.05, 3.63) is 84.0 Å². The zero-order valence-corrected chi connectivity index (χ0v) is 22.4. The third-order valence-electron chi connectivity index (χ3n) is 8.49. The van der Waals surface area contributed by atoms with Crippen molar-refractivity contribution in [2.45, 2.75) is 62.6 Å². The van der Waals surface area contributed by atoms with E-state index in [2.05, 4.69) is 13.2 Å². The number of benzene rings is 2. The molecule has 2 atom stereocenters. The summed E-state index contributed by atoms with van der Waals surface area (Å²) >= 11 is 0. The van der Waals surface area contributed by atoms with Gasteiger partial charge in [-0.3, -0.25) is 9.59 Å². The molecule has 2 aromatic rings. The van der Waals surface area contributed by atoms with Crippen molar-refractivity contribution < 1.29 is 28.7 Å². The van der Waals surface area contributed by atoms with Crippen LogP contribution in [-0.2, 0) is 39.9 Å². The number of ether oxygens (including phenoxy) is 2. The van der Waals surface area contributed by atoms with E-state index in [0.717, 1.165) is 61.0 Å². The van der Waals surface area contributed by atoms with Gasteiger partial charge in [-0.15, -0.1) is 0 Å². The van der Waals surface area contributed by atoms with E-state index >= 15 is 0 Å². The third kappa shape index (κ3) is 3.88. The van der Waals surface area contributed by atoms with Crippen LogP contribution in [0.2, 0.25) is 0 Å². The van der Waals surface area contributed by atoms with Crippen molar-refractivity contribution in [1.82, 2.24) is 0 Å². The molecule has 0 aliphatic carbocycles. The Hall–Kier alpha value is -4.20. The van der Waals surface area contributed by atoms with E-state index in [4.69, 9.17) is 9.47 Å². The van der Waals surface area contributed by atoms with Crippen molar-refractivity contribution in [1.29, 1.82) is 0 Å². The first-order valence-corrected chi connectivity index (χ1v) is 13.9. The van der Waals surface area contributed by atoms with Gasteiger partial charge in [0.05, 0.1) is 11.4 Å². The molecular formula is C32H32N2O6. The average molecular weight is 541 g/mol. The van der Waals surface area contributed by atoms with E-state index in [1.54, 1.807) is 9.80 Å². The van der Waals surface area contributed by atoms with E-state index < -0.39 is 23.1 Å². The van der Waals surface area contributed by atoms with Crippen molar-refractivity contribution in [3.8, 4) is 0 Å². The molecule has 8 heteroatoms. The minimum atomic E-state index is -1.26. The standard InChI is InChI=1S/C32H32N2O6/c1-21-19-31(39-27(21)35)23-13-7-9-15-25(23)33(29(31)37)17-11-5-3-4-6-12-18-34-26-16-10-8-14-24(26)32(30(34)38)20-22(2)28(36)40-32/h7-10,13-16H,1-6,11-12,17-20H2. The second-order valence-electron chi connectivity index (χ2n) is 11.1. The summed E-state index contributed by atoms with van der Waals surface area (Å²) < 4.78 is 11.2. The van der Waals surface area contributed by atoms with Gasteiger partial charge in [0.2, 0.25) is 11.2 Å². The molecular weight excluding hydrogens is 508 g/mol. The number of nitrogens with zero attached hydrogens (tertiary/aromatic N) is 2. The summed E-state index contributed by atoms with van der Waals surface area (Å²) in [4.78, 5) is 54.5. The Morgan fingerprint density at radius 3 is 1.35 bits per heavy atom. The van der Waals surface area contributed by atoms with Gasteiger partial charge in [-0.2, -0.15) is 0 Å². The van der Waals surface area contributed by atoms with E-state index in [-0.39, 0.29) is 24.7 Å². The molecule has 0 N–H and O–H groups in total. The maximum absolute atomic E-state index is 13.4. The number of hydrogen-bond donors (Lipinski definition) is 0. The zero-order chi connectivity index (χ0) is 28.1. The van der Waals surface area contributed by atoms with Gasteiger partial charge in [0.25, 0.3) is 11.8 Å². The predicted molar refractivity (Wildman–Crippen MR) is 148 cm³/mol. The summed E-state index contributed by atoms with van der Waals surface area (Å²) in [6, 6.07) is 15.0. The van der Waals surface area contributed by atoms with Crippen molar-refractivity contribution >= 4 is 35.1 Å². The van der Waals surface area contributed by atoms with Crippen LogP contribution < -0.4 is 9.80 Å². The van der Waals surface area contributed by atoms with Crippen molar-refractivity contribution in [2.24, 2.45) is 0 Å². The molecule has 2 aromatic carbocycles. The molecule has 0 radical (unpaired) electrons. The molecule has 0 bridgehead atoms. The number of carbonyl (C=O) groups is 4. The monoisotopic (exact) mass is 540 g/mol. The number of anilines is 2. The molecule has 6 rings (SSSR count). The normalized spacial score (nSPS) is 24.9. The highest BCUT2D eigenvalue weighted by Crippen LogP contribution is 2.51. The highest BCUT2D eigenvalue weighted by Gasteiger charge is 2.59. The van der Waals surface area contributed by atoms with Gasteiger partial charge in [0.15, 0.2) is 0 Å². The lowest BCUT2D eigenvalue weighted by Crippen LogP contribution is -2.40. The Bertz CT molecular complexity index is 1320. The van der Waals surface area contributed by atoms with Gasteiger partial charge in [-0.05, 0) is 25.0 Å². The first-order valence-electron chi connectivity index (χ1n) is 13.9. The number of rotatable bonds is 9. The van der Waals surface area contributed by atoms with Crippen LogP contribution >= 0.6 is 0 Å². The molecule has 8 nitrogen and oxygen atoms in total. The Kier molecular flexibility index (Phi) is 6.36. The number of fused-ring (bicyclic) bond motifs is 4. The second kappa shape index (κ2) is 9.77. The Morgan fingerprint density at radius 1 is 0.600 bits per heavy atom. The molecule has 2 unspecified atom stereocenters. The van der Waals surface area contributed by atoms with Gasteiger partial charge in [0.1, 0.15) is 0 Å². The molecule has 2 saturated heterocycles. The maximum atomic E-state index is 13.4. The number of carbonyl (C=O) groups excluding carboxylic acids is 4. The topological polar surface area (TPSA) is 93.2 Å². The molecule has 40 heavy (non-hydrogen) atoms. The molecule has 2 amide bonds. The van der Waals surface area contributed by atoms with Crippen LogP contribution in [0.15, 0.2) is 72.8 Å². The van der Waals surface area contributed by atoms with Crippen LogP contribution in [0.25, 0.3) is 0 Å². The van der Waals surface area contributed by atoms with Gasteiger partial charge in [-0.25, -0.2) is 9.59 Å². The summed E-state index contributed by atoms with van der Waals surface area (Å²) in [5, 5.41) is 0. The number of unbranched alkanes of at least 4 members (excludes halogenated alkanes) is 5. The fourth-order valence-corrected chi connectivity index (χ4v) is 6.49. The van der Waals surface area contributed by atoms with E-state index in [9.17, 15) is 19.2 Å². The molecule has 4 aliphatic rings. The number of hydrogen-bond acceptors (Lipinski definition) is 6. The first-order chi connectivity index (χ1) is 19.3. The summed E-state index contributed by atoms with van der Waals surface area (Å²) in [5.41, 5.74) is 1.22. The second-order valence-corrected chi connectivity index (χ2v) is 11.1. The van der Waals surface area contributed by atoms with Crippen LogP contribution in [0, 0.1) is 0 Å². The number of amides is 2. The highest BCUT2D eigenvalue weighted by atomic mass is 16.6. The molecule has 0 aromatic heterocycles. The van der Waals surface area contributed by atoms with Gasteiger partial charge in [-0.1, -0.05) is 75.2 Å². The molecule has 0 saturated carbocycles. The van der Waals surface area contributed by atoms with Gasteiger partial charge in [0, 0.05) is 48.2 Å². The minimum absolute atomic E-state index is 0.189. The zero-order valence-electron chi connectivity index (χ0n) is 22.4.